The van der Waals surface area contributed by atoms with Gasteiger partial charge in [0.25, 0.3) is 5.91 Å². The van der Waals surface area contributed by atoms with Gasteiger partial charge in [0.15, 0.2) is 5.82 Å². The normalized spacial score (nSPS) is 16.2. The summed E-state index contributed by atoms with van der Waals surface area (Å²) in [6.45, 7) is 1.44. The highest BCUT2D eigenvalue weighted by Crippen LogP contribution is 2.17. The van der Waals surface area contributed by atoms with Crippen molar-refractivity contribution in [1.82, 2.24) is 25.8 Å². The van der Waals surface area contributed by atoms with Crippen LogP contribution in [0.25, 0.3) is 11.4 Å². The molecule has 4 rings (SSSR count). The monoisotopic (exact) mass is 333 g/mol. The number of nitrogens with one attached hydrogen (secondary N) is 3. The third-order valence-electron chi connectivity index (χ3n) is 4.49. The van der Waals surface area contributed by atoms with Crippen LogP contribution in [0.1, 0.15) is 21.5 Å². The number of H-pyrrole nitrogens is 1. The van der Waals surface area contributed by atoms with Crippen LogP contribution >= 0.6 is 0 Å². The zero-order chi connectivity index (χ0) is 17.1. The van der Waals surface area contributed by atoms with Crippen LogP contribution in [-0.4, -0.2) is 33.7 Å². The number of aromatic amines is 1. The molecule has 3 aromatic rings. The van der Waals surface area contributed by atoms with Crippen molar-refractivity contribution in [2.75, 3.05) is 6.54 Å². The predicted molar refractivity (Wildman–Crippen MR) is 94.9 cm³/mol. The van der Waals surface area contributed by atoms with E-state index in [9.17, 15) is 4.79 Å². The molecule has 0 radical (unpaired) electrons. The standard InChI is InChI=1S/C19H19N5O/c25-19(15-7-3-6-14(8-15)18-22-12-23-24-18)21-11-17-9-13-4-1-2-5-16(13)10-20-17/h1-8,12,17,20H,9-11H2,(H,21,25)(H,22,23,24). The van der Waals surface area contributed by atoms with Crippen molar-refractivity contribution in [2.45, 2.75) is 19.0 Å². The van der Waals surface area contributed by atoms with E-state index in [-0.39, 0.29) is 11.9 Å². The number of fused-ring (bicyclic) bond motifs is 1. The molecule has 6 nitrogen and oxygen atoms in total. The predicted octanol–water partition coefficient (Wildman–Crippen LogP) is 1.92. The Kier molecular flexibility index (Phi) is 4.26. The molecule has 3 N–H and O–H groups in total. The van der Waals surface area contributed by atoms with E-state index in [4.69, 9.17) is 0 Å². The van der Waals surface area contributed by atoms with Gasteiger partial charge in [-0.1, -0.05) is 36.4 Å². The third kappa shape index (κ3) is 3.44. The summed E-state index contributed by atoms with van der Waals surface area (Å²) in [7, 11) is 0. The van der Waals surface area contributed by atoms with E-state index >= 15 is 0 Å². The summed E-state index contributed by atoms with van der Waals surface area (Å²) < 4.78 is 0. The van der Waals surface area contributed by atoms with Gasteiger partial charge in [0.05, 0.1) is 0 Å². The maximum atomic E-state index is 12.5. The Balaban J connectivity index is 1.39. The van der Waals surface area contributed by atoms with Gasteiger partial charge >= 0.3 is 0 Å². The van der Waals surface area contributed by atoms with Gasteiger partial charge in [-0.25, -0.2) is 4.98 Å². The Morgan fingerprint density at radius 1 is 1.16 bits per heavy atom. The minimum Gasteiger partial charge on any atom is -0.350 e. The molecule has 1 atom stereocenters. The molecule has 1 amide bonds. The lowest BCUT2D eigenvalue weighted by molar-refractivity contribution is 0.0949. The molecule has 0 aliphatic carbocycles. The summed E-state index contributed by atoms with van der Waals surface area (Å²) in [6.07, 6.45) is 2.38. The first-order valence-electron chi connectivity index (χ1n) is 8.34. The lowest BCUT2D eigenvalue weighted by Crippen LogP contribution is -2.44. The lowest BCUT2D eigenvalue weighted by Gasteiger charge is -2.26. The molecule has 1 aromatic heterocycles. The Bertz CT molecular complexity index is 875. The number of benzene rings is 2. The van der Waals surface area contributed by atoms with Crippen LogP contribution in [-0.2, 0) is 13.0 Å². The first-order valence-corrected chi connectivity index (χ1v) is 8.34. The number of rotatable bonds is 4. The molecule has 0 bridgehead atoms. The Hall–Kier alpha value is -2.99. The second-order valence-corrected chi connectivity index (χ2v) is 6.18. The molecule has 0 saturated carbocycles. The Morgan fingerprint density at radius 3 is 2.88 bits per heavy atom. The molecule has 2 heterocycles. The molecule has 1 aliphatic rings. The molecule has 1 aliphatic heterocycles. The van der Waals surface area contributed by atoms with Gasteiger partial charge in [0.2, 0.25) is 0 Å². The van der Waals surface area contributed by atoms with Crippen molar-refractivity contribution < 1.29 is 4.79 Å². The highest BCUT2D eigenvalue weighted by atomic mass is 16.1. The summed E-state index contributed by atoms with van der Waals surface area (Å²) in [5, 5.41) is 13.2. The minimum atomic E-state index is -0.0815. The molecule has 0 saturated heterocycles. The number of carbonyl (C=O) groups is 1. The molecule has 1 unspecified atom stereocenters. The van der Waals surface area contributed by atoms with Gasteiger partial charge in [-0.2, -0.15) is 5.10 Å². The quantitative estimate of drug-likeness (QED) is 0.681. The van der Waals surface area contributed by atoms with Crippen molar-refractivity contribution in [1.29, 1.82) is 0 Å². The van der Waals surface area contributed by atoms with Gasteiger partial charge in [-0.05, 0) is 29.7 Å². The van der Waals surface area contributed by atoms with Crippen LogP contribution < -0.4 is 10.6 Å². The molecular weight excluding hydrogens is 314 g/mol. The Morgan fingerprint density at radius 2 is 2.04 bits per heavy atom. The average molecular weight is 333 g/mol. The molecular formula is C19H19N5O. The fourth-order valence-electron chi connectivity index (χ4n) is 3.14. The molecule has 2 aromatic carbocycles. The SMILES string of the molecule is O=C(NCC1Cc2ccccc2CN1)c1cccc(-c2ncn[nH]2)c1. The number of nitrogens with zero attached hydrogens (tertiary/aromatic N) is 2. The van der Waals surface area contributed by atoms with E-state index in [1.807, 2.05) is 18.2 Å². The van der Waals surface area contributed by atoms with Crippen molar-refractivity contribution in [2.24, 2.45) is 0 Å². The molecule has 25 heavy (non-hydrogen) atoms. The zero-order valence-corrected chi connectivity index (χ0v) is 13.7. The largest absolute Gasteiger partial charge is 0.350 e. The molecule has 0 spiro atoms. The summed E-state index contributed by atoms with van der Waals surface area (Å²) in [4.78, 5) is 16.6. The van der Waals surface area contributed by atoms with Crippen molar-refractivity contribution in [3.63, 3.8) is 0 Å². The van der Waals surface area contributed by atoms with Crippen LogP contribution in [0.2, 0.25) is 0 Å². The smallest absolute Gasteiger partial charge is 0.251 e. The molecule has 0 fully saturated rings. The summed E-state index contributed by atoms with van der Waals surface area (Å²) in [5.41, 5.74) is 4.15. The van der Waals surface area contributed by atoms with Gasteiger partial charge in [0, 0.05) is 30.3 Å². The lowest BCUT2D eigenvalue weighted by atomic mass is 9.96. The van der Waals surface area contributed by atoms with Gasteiger partial charge in [0.1, 0.15) is 6.33 Å². The fraction of sp³-hybridized carbons (Fsp3) is 0.211. The van der Waals surface area contributed by atoms with Crippen LogP contribution in [0.5, 0.6) is 0 Å². The first kappa shape index (κ1) is 15.5. The summed E-state index contributed by atoms with van der Waals surface area (Å²) in [6, 6.07) is 16.0. The average Bonchev–Trinajstić information content (AvgIpc) is 3.21. The zero-order valence-electron chi connectivity index (χ0n) is 13.7. The van der Waals surface area contributed by atoms with Crippen molar-refractivity contribution in [3.8, 4) is 11.4 Å². The number of hydrogen-bond acceptors (Lipinski definition) is 4. The maximum absolute atomic E-state index is 12.5. The highest BCUT2D eigenvalue weighted by molar-refractivity contribution is 5.95. The van der Waals surface area contributed by atoms with Gasteiger partial charge in [-0.15, -0.1) is 0 Å². The molecule has 126 valence electrons. The van der Waals surface area contributed by atoms with E-state index < -0.39 is 0 Å². The van der Waals surface area contributed by atoms with E-state index in [0.29, 0.717) is 17.9 Å². The third-order valence-corrected chi connectivity index (χ3v) is 4.49. The Labute approximate surface area is 145 Å². The second kappa shape index (κ2) is 6.86. The fourth-order valence-corrected chi connectivity index (χ4v) is 3.14. The van der Waals surface area contributed by atoms with Crippen molar-refractivity contribution in [3.05, 3.63) is 71.5 Å². The summed E-state index contributed by atoms with van der Waals surface area (Å²) >= 11 is 0. The first-order chi connectivity index (χ1) is 12.3. The number of aromatic nitrogens is 3. The van der Waals surface area contributed by atoms with E-state index in [1.54, 1.807) is 6.07 Å². The van der Waals surface area contributed by atoms with Crippen molar-refractivity contribution >= 4 is 5.91 Å². The van der Waals surface area contributed by atoms with Crippen LogP contribution in [0.4, 0.5) is 0 Å². The van der Waals surface area contributed by atoms with E-state index in [0.717, 1.165) is 18.5 Å². The maximum Gasteiger partial charge on any atom is 0.251 e. The molecule has 6 heteroatoms. The van der Waals surface area contributed by atoms with Gasteiger partial charge < -0.3 is 10.6 Å². The minimum absolute atomic E-state index is 0.0815. The van der Waals surface area contributed by atoms with Gasteiger partial charge in [-0.3, -0.25) is 9.89 Å². The van der Waals surface area contributed by atoms with Crippen LogP contribution in [0.3, 0.4) is 0 Å². The van der Waals surface area contributed by atoms with Crippen LogP contribution in [0, 0.1) is 0 Å². The van der Waals surface area contributed by atoms with E-state index in [2.05, 4.69) is 50.1 Å². The number of hydrogen-bond donors (Lipinski definition) is 3. The highest BCUT2D eigenvalue weighted by Gasteiger charge is 2.18. The topological polar surface area (TPSA) is 82.7 Å². The number of carbonyl (C=O) groups excluding carboxylic acids is 1. The summed E-state index contributed by atoms with van der Waals surface area (Å²) in [5.74, 6) is 0.572. The number of amides is 1. The van der Waals surface area contributed by atoms with Crippen LogP contribution in [0.15, 0.2) is 54.9 Å². The second-order valence-electron chi connectivity index (χ2n) is 6.18. The van der Waals surface area contributed by atoms with E-state index in [1.165, 1.54) is 17.5 Å².